The first-order valence-corrected chi connectivity index (χ1v) is 6.09. The van der Waals surface area contributed by atoms with Gasteiger partial charge < -0.3 is 15.4 Å². The molecule has 0 aromatic carbocycles. The monoisotopic (exact) mass is 264 g/mol. The maximum atomic E-state index is 11.3. The highest BCUT2D eigenvalue weighted by Gasteiger charge is 2.13. The minimum Gasteiger partial charge on any atom is -0.469 e. The zero-order valence-electron chi connectivity index (χ0n) is 11.5. The summed E-state index contributed by atoms with van der Waals surface area (Å²) in [5.41, 5.74) is 0.923. The van der Waals surface area contributed by atoms with Gasteiger partial charge in [-0.15, -0.1) is 0 Å². The van der Waals surface area contributed by atoms with Crippen LogP contribution in [0.4, 0.5) is 0 Å². The van der Waals surface area contributed by atoms with E-state index in [4.69, 9.17) is 0 Å². The lowest BCUT2D eigenvalue weighted by Crippen LogP contribution is -2.40. The van der Waals surface area contributed by atoms with Crippen molar-refractivity contribution in [3.8, 4) is 0 Å². The molecule has 1 aromatic rings. The predicted molar refractivity (Wildman–Crippen MR) is 73.6 cm³/mol. The Balaban J connectivity index is 2.37. The van der Waals surface area contributed by atoms with Crippen molar-refractivity contribution in [2.45, 2.75) is 13.5 Å². The van der Waals surface area contributed by atoms with E-state index in [-0.39, 0.29) is 11.9 Å². The molecule has 0 saturated heterocycles. The Morgan fingerprint density at radius 1 is 1.47 bits per heavy atom. The Bertz CT molecular complexity index is 420. The number of rotatable bonds is 5. The number of aliphatic imine (C=N–C) groups is 1. The molecule has 2 N–H and O–H groups in total. The molecule has 1 aromatic heterocycles. The third-order valence-corrected chi connectivity index (χ3v) is 2.57. The van der Waals surface area contributed by atoms with Gasteiger partial charge in [-0.2, -0.15) is 0 Å². The van der Waals surface area contributed by atoms with Gasteiger partial charge in [-0.25, -0.2) is 0 Å². The van der Waals surface area contributed by atoms with Crippen LogP contribution in [0.2, 0.25) is 0 Å². The number of methoxy groups -OCH3 is 1. The summed E-state index contributed by atoms with van der Waals surface area (Å²) in [5.74, 6) is 0.160. The molecule has 0 aliphatic heterocycles. The quantitative estimate of drug-likeness (QED) is 0.461. The van der Waals surface area contributed by atoms with Crippen LogP contribution in [-0.2, 0) is 16.1 Å². The minimum atomic E-state index is -0.243. The molecule has 0 aliphatic rings. The highest BCUT2D eigenvalue weighted by molar-refractivity contribution is 5.80. The van der Waals surface area contributed by atoms with E-state index in [1.54, 1.807) is 20.2 Å². The van der Waals surface area contributed by atoms with Crippen LogP contribution < -0.4 is 10.6 Å². The molecule has 0 radical (unpaired) electrons. The second-order valence-electron chi connectivity index (χ2n) is 4.05. The molecule has 0 spiro atoms. The van der Waals surface area contributed by atoms with Crippen molar-refractivity contribution in [3.05, 3.63) is 30.1 Å². The van der Waals surface area contributed by atoms with Gasteiger partial charge in [0.25, 0.3) is 0 Å². The molecule has 0 bridgehead atoms. The lowest BCUT2D eigenvalue weighted by atomic mass is 10.2. The van der Waals surface area contributed by atoms with Crippen molar-refractivity contribution in [2.75, 3.05) is 20.7 Å². The fraction of sp³-hybridized carbons (Fsp3) is 0.462. The van der Waals surface area contributed by atoms with Crippen LogP contribution in [0.15, 0.2) is 29.4 Å². The number of nitrogens with zero attached hydrogens (tertiary/aromatic N) is 2. The summed E-state index contributed by atoms with van der Waals surface area (Å²) in [7, 11) is 3.06. The number of aromatic nitrogens is 1. The number of esters is 1. The Kier molecular flexibility index (Phi) is 6.35. The van der Waals surface area contributed by atoms with Crippen LogP contribution in [0.5, 0.6) is 0 Å². The normalized spacial score (nSPS) is 12.7. The highest BCUT2D eigenvalue weighted by atomic mass is 16.5. The van der Waals surface area contributed by atoms with Crippen molar-refractivity contribution >= 4 is 11.9 Å². The molecule has 0 aliphatic carbocycles. The van der Waals surface area contributed by atoms with E-state index in [1.807, 2.05) is 18.2 Å². The topological polar surface area (TPSA) is 75.6 Å². The number of guanidine groups is 1. The molecule has 104 valence electrons. The van der Waals surface area contributed by atoms with E-state index < -0.39 is 0 Å². The summed E-state index contributed by atoms with van der Waals surface area (Å²) in [6.45, 7) is 2.84. The summed E-state index contributed by atoms with van der Waals surface area (Å²) < 4.78 is 4.66. The van der Waals surface area contributed by atoms with Crippen molar-refractivity contribution in [3.63, 3.8) is 0 Å². The van der Waals surface area contributed by atoms with Crippen LogP contribution in [0.1, 0.15) is 12.6 Å². The van der Waals surface area contributed by atoms with Crippen LogP contribution >= 0.6 is 0 Å². The number of pyridine rings is 1. The van der Waals surface area contributed by atoms with E-state index >= 15 is 0 Å². The number of nitrogens with one attached hydrogen (secondary N) is 2. The summed E-state index contributed by atoms with van der Waals surface area (Å²) in [6, 6.07) is 5.73. The Morgan fingerprint density at radius 2 is 2.26 bits per heavy atom. The predicted octanol–water partition coefficient (Wildman–Crippen LogP) is 0.556. The molecule has 6 heteroatoms. The molecular weight excluding hydrogens is 244 g/mol. The largest absolute Gasteiger partial charge is 0.469 e. The van der Waals surface area contributed by atoms with E-state index in [1.165, 1.54) is 7.11 Å². The highest BCUT2D eigenvalue weighted by Crippen LogP contribution is 1.95. The molecular formula is C13H20N4O2. The van der Waals surface area contributed by atoms with Gasteiger partial charge in [0.05, 0.1) is 25.3 Å². The lowest BCUT2D eigenvalue weighted by Gasteiger charge is -2.14. The summed E-state index contributed by atoms with van der Waals surface area (Å²) in [5, 5.41) is 6.19. The maximum absolute atomic E-state index is 11.3. The number of carbonyl (C=O) groups excluding carboxylic acids is 1. The molecule has 1 heterocycles. The Labute approximate surface area is 113 Å². The Hall–Kier alpha value is -2.11. The third kappa shape index (κ3) is 5.37. The Morgan fingerprint density at radius 3 is 2.84 bits per heavy atom. The molecule has 19 heavy (non-hydrogen) atoms. The first kappa shape index (κ1) is 14.9. The van der Waals surface area contributed by atoms with Gasteiger partial charge in [0.1, 0.15) is 0 Å². The number of ether oxygens (including phenoxy) is 1. The third-order valence-electron chi connectivity index (χ3n) is 2.57. The number of carbonyl (C=O) groups is 1. The minimum absolute atomic E-state index is 0.224. The molecule has 1 atom stereocenters. The van der Waals surface area contributed by atoms with Gasteiger partial charge in [-0.1, -0.05) is 13.0 Å². The fourth-order valence-corrected chi connectivity index (χ4v) is 1.43. The SMILES string of the molecule is CN=C(NCc1ccccn1)NCC(C)C(=O)OC. The van der Waals surface area contributed by atoms with Gasteiger partial charge in [-0.3, -0.25) is 14.8 Å². The maximum Gasteiger partial charge on any atom is 0.310 e. The summed E-state index contributed by atoms with van der Waals surface area (Å²) >= 11 is 0. The number of hydrogen-bond donors (Lipinski definition) is 2. The average Bonchev–Trinajstić information content (AvgIpc) is 2.47. The lowest BCUT2D eigenvalue weighted by molar-refractivity contribution is -0.144. The van der Waals surface area contributed by atoms with E-state index in [9.17, 15) is 4.79 Å². The molecule has 0 amide bonds. The summed E-state index contributed by atoms with van der Waals surface area (Å²) in [6.07, 6.45) is 1.74. The van der Waals surface area contributed by atoms with Gasteiger partial charge in [-0.05, 0) is 12.1 Å². The molecule has 0 fully saturated rings. The van der Waals surface area contributed by atoms with Crippen LogP contribution in [0.25, 0.3) is 0 Å². The van der Waals surface area contributed by atoms with Crippen molar-refractivity contribution in [1.29, 1.82) is 0 Å². The second-order valence-corrected chi connectivity index (χ2v) is 4.05. The van der Waals surface area contributed by atoms with Crippen molar-refractivity contribution in [1.82, 2.24) is 15.6 Å². The van der Waals surface area contributed by atoms with Gasteiger partial charge in [0.2, 0.25) is 0 Å². The van der Waals surface area contributed by atoms with E-state index in [0.717, 1.165) is 5.69 Å². The van der Waals surface area contributed by atoms with Crippen LogP contribution in [0, 0.1) is 5.92 Å². The van der Waals surface area contributed by atoms with Gasteiger partial charge in [0.15, 0.2) is 5.96 Å². The number of hydrogen-bond acceptors (Lipinski definition) is 4. The van der Waals surface area contributed by atoms with E-state index in [0.29, 0.717) is 19.0 Å². The smallest absolute Gasteiger partial charge is 0.310 e. The van der Waals surface area contributed by atoms with Gasteiger partial charge >= 0.3 is 5.97 Å². The molecule has 0 saturated carbocycles. The molecule has 1 unspecified atom stereocenters. The van der Waals surface area contributed by atoms with Crippen molar-refractivity contribution < 1.29 is 9.53 Å². The fourth-order valence-electron chi connectivity index (χ4n) is 1.43. The van der Waals surface area contributed by atoms with Crippen LogP contribution in [-0.4, -0.2) is 37.6 Å². The van der Waals surface area contributed by atoms with Crippen LogP contribution in [0.3, 0.4) is 0 Å². The van der Waals surface area contributed by atoms with Crippen molar-refractivity contribution in [2.24, 2.45) is 10.9 Å². The zero-order valence-corrected chi connectivity index (χ0v) is 11.5. The first-order valence-electron chi connectivity index (χ1n) is 6.09. The zero-order chi connectivity index (χ0) is 14.1. The average molecular weight is 264 g/mol. The first-order chi connectivity index (χ1) is 9.17. The standard InChI is InChI=1S/C13H20N4O2/c1-10(12(18)19-3)8-16-13(14-2)17-9-11-6-4-5-7-15-11/h4-7,10H,8-9H2,1-3H3,(H2,14,16,17). The summed E-state index contributed by atoms with van der Waals surface area (Å²) in [4.78, 5) is 19.5. The van der Waals surface area contributed by atoms with E-state index in [2.05, 4.69) is 25.3 Å². The molecule has 1 rings (SSSR count). The second kappa shape index (κ2) is 8.07. The molecule has 6 nitrogen and oxygen atoms in total. The van der Waals surface area contributed by atoms with Gasteiger partial charge in [0, 0.05) is 19.8 Å².